The molecule has 0 heterocycles. The molecule has 0 aliphatic carbocycles. The second-order valence-corrected chi connectivity index (χ2v) is 7.43. The molecule has 0 radical (unpaired) electrons. The van der Waals surface area contributed by atoms with Crippen LogP contribution in [0.5, 0.6) is 0 Å². The van der Waals surface area contributed by atoms with Crippen molar-refractivity contribution < 1.29 is 31.7 Å². The SMILES string of the molecule is CCCCCCCCCCCCC(COOS(=O)(=O)O)OCCOCC. The molecule has 0 rings (SSSR count). The Hall–Kier alpha value is -0.250. The van der Waals surface area contributed by atoms with E-state index in [-0.39, 0.29) is 12.7 Å². The van der Waals surface area contributed by atoms with Gasteiger partial charge in [0.05, 0.1) is 19.3 Å². The number of rotatable bonds is 20. The minimum atomic E-state index is -4.60. The molecule has 7 nitrogen and oxygen atoms in total. The molecule has 0 aromatic heterocycles. The third-order valence-corrected chi connectivity index (χ3v) is 4.32. The summed E-state index contributed by atoms with van der Waals surface area (Å²) in [5, 5.41) is 0. The molecule has 1 unspecified atom stereocenters. The van der Waals surface area contributed by atoms with Crippen molar-refractivity contribution in [2.24, 2.45) is 0 Å². The van der Waals surface area contributed by atoms with E-state index in [9.17, 15) is 8.42 Å². The van der Waals surface area contributed by atoms with Gasteiger partial charge in [-0.05, 0) is 13.3 Å². The van der Waals surface area contributed by atoms with Gasteiger partial charge in [-0.25, -0.2) is 4.89 Å². The maximum Gasteiger partial charge on any atom is 0.424 e. The lowest BCUT2D eigenvalue weighted by atomic mass is 10.0. The third-order valence-electron chi connectivity index (χ3n) is 4.05. The summed E-state index contributed by atoms with van der Waals surface area (Å²) in [4.78, 5) is 4.56. The van der Waals surface area contributed by atoms with Crippen LogP contribution in [0.4, 0.5) is 0 Å². The van der Waals surface area contributed by atoms with E-state index in [1.165, 1.54) is 51.4 Å². The van der Waals surface area contributed by atoms with Gasteiger partial charge in [-0.3, -0.25) is 4.55 Å². The largest absolute Gasteiger partial charge is 0.424 e. The Bertz CT molecular complexity index is 387. The Morgan fingerprint density at radius 2 is 1.42 bits per heavy atom. The zero-order valence-electron chi connectivity index (χ0n) is 16.5. The van der Waals surface area contributed by atoms with Gasteiger partial charge < -0.3 is 9.47 Å². The van der Waals surface area contributed by atoms with Gasteiger partial charge in [0.2, 0.25) is 0 Å². The zero-order chi connectivity index (χ0) is 19.5. The molecule has 158 valence electrons. The molecule has 26 heavy (non-hydrogen) atoms. The van der Waals surface area contributed by atoms with E-state index >= 15 is 0 Å². The monoisotopic (exact) mass is 398 g/mol. The van der Waals surface area contributed by atoms with Gasteiger partial charge in [-0.15, -0.1) is 0 Å². The first-order valence-electron chi connectivity index (χ1n) is 9.97. The van der Waals surface area contributed by atoms with Crippen molar-refractivity contribution in [3.63, 3.8) is 0 Å². The van der Waals surface area contributed by atoms with Crippen LogP contribution in [0, 0.1) is 0 Å². The van der Waals surface area contributed by atoms with Gasteiger partial charge in [0, 0.05) is 6.61 Å². The summed E-state index contributed by atoms with van der Waals surface area (Å²) in [5.41, 5.74) is 0. The summed E-state index contributed by atoms with van der Waals surface area (Å²) < 4.78 is 44.3. The Morgan fingerprint density at radius 3 is 1.96 bits per heavy atom. The summed E-state index contributed by atoms with van der Waals surface area (Å²) in [6, 6.07) is 0. The van der Waals surface area contributed by atoms with Crippen molar-refractivity contribution in [2.75, 3.05) is 26.4 Å². The standard InChI is InChI=1S/C18H38O7S/c1-3-5-6-7-8-9-10-11-12-13-14-18(23-16-15-22-4-2)17-24-25-26(19,20)21/h18H,3-17H2,1-2H3,(H,19,20,21). The zero-order valence-corrected chi connectivity index (χ0v) is 17.3. The summed E-state index contributed by atoms with van der Waals surface area (Å²) in [5.74, 6) is 0. The van der Waals surface area contributed by atoms with Crippen LogP contribution < -0.4 is 0 Å². The van der Waals surface area contributed by atoms with Gasteiger partial charge in [0.1, 0.15) is 6.61 Å². The van der Waals surface area contributed by atoms with Gasteiger partial charge in [0.25, 0.3) is 0 Å². The molecule has 0 amide bonds. The highest BCUT2D eigenvalue weighted by Gasteiger charge is 2.13. The molecule has 1 atom stereocenters. The minimum absolute atomic E-state index is 0.0522. The lowest BCUT2D eigenvalue weighted by molar-refractivity contribution is -0.230. The Kier molecular flexibility index (Phi) is 18.0. The van der Waals surface area contributed by atoms with E-state index < -0.39 is 10.4 Å². The van der Waals surface area contributed by atoms with Gasteiger partial charge in [-0.2, -0.15) is 8.42 Å². The van der Waals surface area contributed by atoms with Crippen LogP contribution >= 0.6 is 0 Å². The highest BCUT2D eigenvalue weighted by Crippen LogP contribution is 2.13. The highest BCUT2D eigenvalue weighted by molar-refractivity contribution is 7.80. The van der Waals surface area contributed by atoms with E-state index in [4.69, 9.17) is 14.0 Å². The molecule has 0 aromatic carbocycles. The van der Waals surface area contributed by atoms with Crippen molar-refractivity contribution >= 4 is 10.4 Å². The molecule has 0 saturated heterocycles. The lowest BCUT2D eigenvalue weighted by Crippen LogP contribution is -2.23. The summed E-state index contributed by atoms with van der Waals surface area (Å²) in [6.45, 7) is 5.59. The second-order valence-electron chi connectivity index (χ2n) is 6.44. The van der Waals surface area contributed by atoms with Crippen LogP contribution in [-0.4, -0.2) is 45.5 Å². The smallest absolute Gasteiger partial charge is 0.379 e. The molecular formula is C18H38O7S. The molecule has 0 aliphatic heterocycles. The summed E-state index contributed by atoms with van der Waals surface area (Å²) in [6.07, 6.45) is 12.9. The average molecular weight is 399 g/mol. The van der Waals surface area contributed by atoms with Crippen LogP contribution in [0.1, 0.15) is 84.5 Å². The molecule has 0 spiro atoms. The average Bonchev–Trinajstić information content (AvgIpc) is 2.58. The normalized spacial score (nSPS) is 13.2. The highest BCUT2D eigenvalue weighted by atomic mass is 32.3. The molecule has 0 aromatic rings. The number of hydrogen-bond donors (Lipinski definition) is 1. The quantitative estimate of drug-likeness (QED) is 0.140. The lowest BCUT2D eigenvalue weighted by Gasteiger charge is -2.17. The van der Waals surface area contributed by atoms with Crippen molar-refractivity contribution in [1.82, 2.24) is 0 Å². The maximum atomic E-state index is 10.5. The van der Waals surface area contributed by atoms with E-state index in [2.05, 4.69) is 16.1 Å². The fourth-order valence-corrected chi connectivity index (χ4v) is 2.83. The van der Waals surface area contributed by atoms with Crippen LogP contribution in [0.25, 0.3) is 0 Å². The van der Waals surface area contributed by atoms with Gasteiger partial charge in [-0.1, -0.05) is 75.5 Å². The van der Waals surface area contributed by atoms with Gasteiger partial charge >= 0.3 is 10.4 Å². The first-order chi connectivity index (χ1) is 12.5. The minimum Gasteiger partial charge on any atom is -0.379 e. The summed E-state index contributed by atoms with van der Waals surface area (Å²) in [7, 11) is -4.60. The van der Waals surface area contributed by atoms with Gasteiger partial charge in [0.15, 0.2) is 0 Å². The molecule has 0 fully saturated rings. The molecule has 0 bridgehead atoms. The van der Waals surface area contributed by atoms with Crippen LogP contribution in [0.15, 0.2) is 0 Å². The van der Waals surface area contributed by atoms with Crippen LogP contribution in [0.2, 0.25) is 0 Å². The van der Waals surface area contributed by atoms with Crippen molar-refractivity contribution in [3.8, 4) is 0 Å². The fourth-order valence-electron chi connectivity index (χ4n) is 2.66. The third kappa shape index (κ3) is 20.1. The number of ether oxygens (including phenoxy) is 2. The van der Waals surface area contributed by atoms with Crippen molar-refractivity contribution in [2.45, 2.75) is 90.6 Å². The maximum absolute atomic E-state index is 10.5. The Labute approximate surface area is 159 Å². The molecular weight excluding hydrogens is 360 g/mol. The predicted molar refractivity (Wildman–Crippen MR) is 101 cm³/mol. The summed E-state index contributed by atoms with van der Waals surface area (Å²) >= 11 is 0. The topological polar surface area (TPSA) is 91.3 Å². The van der Waals surface area contributed by atoms with E-state index in [0.717, 1.165) is 19.3 Å². The Morgan fingerprint density at radius 1 is 0.846 bits per heavy atom. The number of hydrogen-bond acceptors (Lipinski definition) is 6. The van der Waals surface area contributed by atoms with Crippen molar-refractivity contribution in [1.29, 1.82) is 0 Å². The Balaban J connectivity index is 3.76. The first kappa shape index (κ1) is 25.8. The second kappa shape index (κ2) is 18.1. The fraction of sp³-hybridized carbons (Fsp3) is 1.00. The van der Waals surface area contributed by atoms with E-state index in [1.807, 2.05) is 6.92 Å². The van der Waals surface area contributed by atoms with Crippen LogP contribution in [0.3, 0.4) is 0 Å². The van der Waals surface area contributed by atoms with E-state index in [0.29, 0.717) is 19.8 Å². The first-order valence-corrected chi connectivity index (χ1v) is 11.3. The molecule has 0 saturated carbocycles. The predicted octanol–water partition coefficient (Wildman–Crippen LogP) is 4.47. The van der Waals surface area contributed by atoms with Crippen molar-refractivity contribution in [3.05, 3.63) is 0 Å². The molecule has 1 N–H and O–H groups in total. The molecule has 8 heteroatoms. The van der Waals surface area contributed by atoms with E-state index in [1.54, 1.807) is 0 Å². The van der Waals surface area contributed by atoms with Crippen LogP contribution in [-0.2, 0) is 29.1 Å². The molecule has 0 aliphatic rings. The number of unbranched alkanes of at least 4 members (excludes halogenated alkanes) is 9.